The van der Waals surface area contributed by atoms with Crippen molar-refractivity contribution >= 4 is 22.7 Å². The molecule has 1 saturated heterocycles. The summed E-state index contributed by atoms with van der Waals surface area (Å²) in [6.07, 6.45) is 0.835. The maximum atomic E-state index is 13.3. The summed E-state index contributed by atoms with van der Waals surface area (Å²) < 4.78 is 5.26. The minimum Gasteiger partial charge on any atom is -0.369 e. The average molecular weight is 375 g/mol. The van der Waals surface area contributed by atoms with Gasteiger partial charge in [-0.1, -0.05) is 17.3 Å². The van der Waals surface area contributed by atoms with Crippen molar-refractivity contribution in [3.05, 3.63) is 52.8 Å². The van der Waals surface area contributed by atoms with Crippen molar-refractivity contribution in [2.24, 2.45) is 0 Å². The quantitative estimate of drug-likeness (QED) is 0.684. The van der Waals surface area contributed by atoms with Gasteiger partial charge in [0.05, 0.1) is 27.9 Å². The summed E-state index contributed by atoms with van der Waals surface area (Å²) in [5.41, 5.74) is 3.98. The number of rotatable bonds is 2. The summed E-state index contributed by atoms with van der Waals surface area (Å²) in [6, 6.07) is 11.7. The molecule has 1 aliphatic heterocycles. The fourth-order valence-corrected chi connectivity index (χ4v) is 3.76. The highest BCUT2D eigenvalue weighted by Gasteiger charge is 2.25. The minimum absolute atomic E-state index is 0.0304. The lowest BCUT2D eigenvalue weighted by Crippen LogP contribution is -2.35. The molecule has 3 heterocycles. The molecule has 2 aromatic heterocycles. The van der Waals surface area contributed by atoms with Crippen LogP contribution < -0.4 is 4.90 Å². The van der Waals surface area contributed by atoms with E-state index in [2.05, 4.69) is 21.1 Å². The highest BCUT2D eigenvalue weighted by Crippen LogP contribution is 2.25. The molecule has 0 aliphatic carbocycles. The second kappa shape index (κ2) is 7.31. The highest BCUT2D eigenvalue weighted by atomic mass is 16.5. The number of carbonyl (C=O) groups excluding carboxylic acids is 1. The summed E-state index contributed by atoms with van der Waals surface area (Å²) in [6.45, 7) is 6.41. The Kier molecular flexibility index (Phi) is 4.70. The predicted octanol–water partition coefficient (Wildman–Crippen LogP) is 3.06. The molecule has 0 N–H and O–H groups in total. The van der Waals surface area contributed by atoms with Gasteiger partial charge >= 0.3 is 0 Å². The van der Waals surface area contributed by atoms with Crippen LogP contribution in [0.15, 0.2) is 34.9 Å². The topological polar surface area (TPSA) is 86.3 Å². The molecule has 1 aromatic carbocycles. The number of amides is 1. The predicted molar refractivity (Wildman–Crippen MR) is 105 cm³/mol. The van der Waals surface area contributed by atoms with Gasteiger partial charge in [-0.25, -0.2) is 4.98 Å². The molecular formula is C21H21N5O2. The first-order valence-electron chi connectivity index (χ1n) is 9.35. The number of fused-ring (bicyclic) bond motifs is 1. The van der Waals surface area contributed by atoms with E-state index in [0.29, 0.717) is 47.6 Å². The minimum atomic E-state index is -0.0304. The van der Waals surface area contributed by atoms with Gasteiger partial charge in [-0.05, 0) is 38.5 Å². The summed E-state index contributed by atoms with van der Waals surface area (Å²) in [4.78, 5) is 21.7. The maximum Gasteiger partial charge on any atom is 0.258 e. The van der Waals surface area contributed by atoms with Crippen molar-refractivity contribution in [1.29, 1.82) is 5.26 Å². The van der Waals surface area contributed by atoms with Crippen LogP contribution in [0, 0.1) is 25.2 Å². The molecule has 28 heavy (non-hydrogen) atoms. The molecule has 0 radical (unpaired) electrons. The number of nitriles is 1. The zero-order valence-corrected chi connectivity index (χ0v) is 16.0. The van der Waals surface area contributed by atoms with Crippen LogP contribution >= 0.6 is 0 Å². The molecule has 0 bridgehead atoms. The van der Waals surface area contributed by atoms with Gasteiger partial charge in [0, 0.05) is 31.9 Å². The standard InChI is InChI=1S/C21H21N5O2/c1-14-12-17(19-15(2)24-28-20(19)23-14)21(27)26-9-5-8-25(10-11-26)18-7-4-3-6-16(18)13-22/h3-4,6-7,12H,5,8-11H2,1-2H3. The van der Waals surface area contributed by atoms with E-state index < -0.39 is 0 Å². The number of benzene rings is 1. The maximum absolute atomic E-state index is 13.3. The number of aromatic nitrogens is 2. The van der Waals surface area contributed by atoms with E-state index in [-0.39, 0.29) is 5.91 Å². The fraction of sp³-hybridized carbons (Fsp3) is 0.333. The Morgan fingerprint density at radius 1 is 1.18 bits per heavy atom. The molecule has 0 spiro atoms. The summed E-state index contributed by atoms with van der Waals surface area (Å²) in [5, 5.41) is 14.0. The van der Waals surface area contributed by atoms with E-state index in [1.54, 1.807) is 0 Å². The van der Waals surface area contributed by atoms with E-state index in [1.807, 2.05) is 49.1 Å². The van der Waals surface area contributed by atoms with E-state index >= 15 is 0 Å². The Morgan fingerprint density at radius 2 is 2.00 bits per heavy atom. The van der Waals surface area contributed by atoms with Gasteiger partial charge < -0.3 is 14.3 Å². The van der Waals surface area contributed by atoms with Crippen LogP contribution in [-0.4, -0.2) is 47.1 Å². The lowest BCUT2D eigenvalue weighted by molar-refractivity contribution is 0.0768. The summed E-state index contributed by atoms with van der Waals surface area (Å²) in [7, 11) is 0. The number of hydrogen-bond acceptors (Lipinski definition) is 6. The van der Waals surface area contributed by atoms with Gasteiger partial charge in [0.2, 0.25) is 0 Å². The molecule has 4 rings (SSSR count). The Balaban J connectivity index is 1.59. The van der Waals surface area contributed by atoms with Crippen LogP contribution in [0.1, 0.15) is 33.7 Å². The molecule has 7 nitrogen and oxygen atoms in total. The van der Waals surface area contributed by atoms with E-state index in [0.717, 1.165) is 24.3 Å². The number of hydrogen-bond donors (Lipinski definition) is 0. The van der Waals surface area contributed by atoms with Crippen LogP contribution in [0.2, 0.25) is 0 Å². The lowest BCUT2D eigenvalue weighted by Gasteiger charge is -2.24. The second-order valence-electron chi connectivity index (χ2n) is 7.02. The van der Waals surface area contributed by atoms with Crippen molar-refractivity contribution in [1.82, 2.24) is 15.0 Å². The smallest absolute Gasteiger partial charge is 0.258 e. The second-order valence-corrected chi connectivity index (χ2v) is 7.02. The molecule has 7 heteroatoms. The molecule has 0 saturated carbocycles. The summed E-state index contributed by atoms with van der Waals surface area (Å²) >= 11 is 0. The first-order valence-corrected chi connectivity index (χ1v) is 9.35. The van der Waals surface area contributed by atoms with Crippen molar-refractivity contribution in [2.45, 2.75) is 20.3 Å². The summed E-state index contributed by atoms with van der Waals surface area (Å²) in [5.74, 6) is -0.0304. The number of para-hydroxylation sites is 1. The largest absolute Gasteiger partial charge is 0.369 e. The first-order chi connectivity index (χ1) is 13.6. The third-order valence-corrected chi connectivity index (χ3v) is 5.12. The molecule has 1 fully saturated rings. The first kappa shape index (κ1) is 18.0. The van der Waals surface area contributed by atoms with Crippen molar-refractivity contribution in [3.63, 3.8) is 0 Å². The van der Waals surface area contributed by atoms with Gasteiger partial charge in [-0.3, -0.25) is 4.79 Å². The third kappa shape index (κ3) is 3.18. The SMILES string of the molecule is Cc1cc(C(=O)N2CCCN(c3ccccc3C#N)CC2)c2c(C)noc2n1. The number of anilines is 1. The number of pyridine rings is 1. The molecule has 0 unspecified atom stereocenters. The monoisotopic (exact) mass is 375 g/mol. The van der Waals surface area contributed by atoms with Gasteiger partial charge in [0.1, 0.15) is 6.07 Å². The molecule has 142 valence electrons. The number of nitrogens with zero attached hydrogens (tertiary/aromatic N) is 5. The zero-order chi connectivity index (χ0) is 19.7. The molecule has 1 aliphatic rings. The molecular weight excluding hydrogens is 354 g/mol. The van der Waals surface area contributed by atoms with Gasteiger partial charge in [0.15, 0.2) is 0 Å². The number of aryl methyl sites for hydroxylation is 2. The number of carbonyl (C=O) groups is 1. The van der Waals surface area contributed by atoms with E-state index in [1.165, 1.54) is 0 Å². The van der Waals surface area contributed by atoms with Crippen LogP contribution in [0.5, 0.6) is 0 Å². The van der Waals surface area contributed by atoms with Gasteiger partial charge in [-0.15, -0.1) is 0 Å². The fourth-order valence-electron chi connectivity index (χ4n) is 3.76. The van der Waals surface area contributed by atoms with Crippen molar-refractivity contribution < 1.29 is 9.32 Å². The Bertz CT molecular complexity index is 1080. The average Bonchev–Trinajstić information content (AvgIpc) is 2.93. The molecule has 0 atom stereocenters. The van der Waals surface area contributed by atoms with Gasteiger partial charge in [0.25, 0.3) is 11.6 Å². The van der Waals surface area contributed by atoms with Crippen LogP contribution in [0.4, 0.5) is 5.69 Å². The lowest BCUT2D eigenvalue weighted by atomic mass is 10.1. The Morgan fingerprint density at radius 3 is 2.82 bits per heavy atom. The third-order valence-electron chi connectivity index (χ3n) is 5.12. The Labute approximate surface area is 163 Å². The van der Waals surface area contributed by atoms with Gasteiger partial charge in [-0.2, -0.15) is 5.26 Å². The zero-order valence-electron chi connectivity index (χ0n) is 16.0. The van der Waals surface area contributed by atoms with Crippen molar-refractivity contribution in [3.8, 4) is 6.07 Å². The van der Waals surface area contributed by atoms with Crippen molar-refractivity contribution in [2.75, 3.05) is 31.1 Å². The van der Waals surface area contributed by atoms with Crippen LogP contribution in [0.3, 0.4) is 0 Å². The molecule has 3 aromatic rings. The highest BCUT2D eigenvalue weighted by molar-refractivity contribution is 6.06. The van der Waals surface area contributed by atoms with Crippen LogP contribution in [-0.2, 0) is 0 Å². The van der Waals surface area contributed by atoms with E-state index in [4.69, 9.17) is 4.52 Å². The van der Waals surface area contributed by atoms with Crippen LogP contribution in [0.25, 0.3) is 11.1 Å². The molecule has 1 amide bonds. The normalized spacial score (nSPS) is 14.8. The Hall–Kier alpha value is -3.40. The van der Waals surface area contributed by atoms with E-state index in [9.17, 15) is 10.1 Å².